The molecule has 1 aromatic rings. The molecule has 1 rings (SSSR count). The van der Waals surface area contributed by atoms with Crippen molar-refractivity contribution in [3.05, 3.63) is 33.3 Å². The number of halogens is 2. The van der Waals surface area contributed by atoms with Crippen molar-refractivity contribution in [2.75, 3.05) is 13.2 Å². The van der Waals surface area contributed by atoms with Gasteiger partial charge >= 0.3 is 0 Å². The smallest absolute Gasteiger partial charge is 0.220 e. The highest BCUT2D eigenvalue weighted by Gasteiger charge is 2.05. The number of aliphatic hydroxyl groups excluding tert-OH is 1. The van der Waals surface area contributed by atoms with Crippen molar-refractivity contribution >= 4 is 33.4 Å². The monoisotopic (exact) mass is 305 g/mol. The Kier molecular flexibility index (Phi) is 5.80. The summed E-state index contributed by atoms with van der Waals surface area (Å²) in [6, 6.07) is 5.50. The van der Waals surface area contributed by atoms with Crippen LogP contribution in [0.15, 0.2) is 22.7 Å². The maximum Gasteiger partial charge on any atom is 0.220 e. The van der Waals surface area contributed by atoms with Crippen LogP contribution in [0.3, 0.4) is 0 Å². The molecular formula is C11H13BrClNO2. The molecule has 0 aliphatic carbocycles. The molecule has 0 saturated heterocycles. The zero-order valence-corrected chi connectivity index (χ0v) is 11.0. The molecule has 0 heterocycles. The van der Waals surface area contributed by atoms with Crippen LogP contribution in [0.2, 0.25) is 5.02 Å². The molecular weight excluding hydrogens is 293 g/mol. The average molecular weight is 307 g/mol. The number of aliphatic hydroxyl groups is 1. The third-order valence-electron chi connectivity index (χ3n) is 2.06. The molecule has 0 bridgehead atoms. The van der Waals surface area contributed by atoms with E-state index in [4.69, 9.17) is 16.7 Å². The van der Waals surface area contributed by atoms with Crippen LogP contribution in [0.4, 0.5) is 0 Å². The summed E-state index contributed by atoms with van der Waals surface area (Å²) in [6.45, 7) is 0.266. The number of benzene rings is 1. The van der Waals surface area contributed by atoms with Crippen LogP contribution in [0.5, 0.6) is 0 Å². The lowest BCUT2D eigenvalue weighted by molar-refractivity contribution is -0.121. The third kappa shape index (κ3) is 4.51. The predicted molar refractivity (Wildman–Crippen MR) is 67.6 cm³/mol. The largest absolute Gasteiger partial charge is 0.395 e. The van der Waals surface area contributed by atoms with Crippen molar-refractivity contribution < 1.29 is 9.90 Å². The van der Waals surface area contributed by atoms with E-state index < -0.39 is 0 Å². The van der Waals surface area contributed by atoms with Crippen LogP contribution >= 0.6 is 27.5 Å². The molecule has 2 N–H and O–H groups in total. The zero-order chi connectivity index (χ0) is 12.0. The first kappa shape index (κ1) is 13.5. The van der Waals surface area contributed by atoms with E-state index in [0.29, 0.717) is 24.4 Å². The van der Waals surface area contributed by atoms with Gasteiger partial charge in [-0.1, -0.05) is 27.5 Å². The molecule has 5 heteroatoms. The summed E-state index contributed by atoms with van der Waals surface area (Å²) in [4.78, 5) is 11.3. The minimum atomic E-state index is -0.0686. The Morgan fingerprint density at radius 3 is 2.94 bits per heavy atom. The third-order valence-corrected chi connectivity index (χ3v) is 3.07. The second-order valence-corrected chi connectivity index (χ2v) is 4.60. The standard InChI is InChI=1S/C11H13BrClNO2/c12-10-3-2-9(13)7-8(10)1-4-11(16)14-5-6-15/h2-3,7,15H,1,4-6H2,(H,14,16). The number of carbonyl (C=O) groups is 1. The van der Waals surface area contributed by atoms with Gasteiger partial charge in [0.2, 0.25) is 5.91 Å². The van der Waals surface area contributed by atoms with Gasteiger partial charge in [0.25, 0.3) is 0 Å². The maximum atomic E-state index is 11.3. The second-order valence-electron chi connectivity index (χ2n) is 3.31. The predicted octanol–water partition coefficient (Wildman–Crippen LogP) is 2.14. The number of hydrogen-bond donors (Lipinski definition) is 2. The van der Waals surface area contributed by atoms with E-state index in [0.717, 1.165) is 10.0 Å². The summed E-state index contributed by atoms with van der Waals surface area (Å²) in [6.07, 6.45) is 1.01. The van der Waals surface area contributed by atoms with E-state index >= 15 is 0 Å². The minimum Gasteiger partial charge on any atom is -0.395 e. The van der Waals surface area contributed by atoms with E-state index in [9.17, 15) is 4.79 Å². The average Bonchev–Trinajstić information content (AvgIpc) is 2.27. The molecule has 0 aliphatic heterocycles. The molecule has 0 saturated carbocycles. The molecule has 1 amide bonds. The lowest BCUT2D eigenvalue weighted by atomic mass is 10.1. The van der Waals surface area contributed by atoms with Crippen LogP contribution in [0.1, 0.15) is 12.0 Å². The first-order valence-corrected chi connectivity index (χ1v) is 6.12. The van der Waals surface area contributed by atoms with Gasteiger partial charge in [0, 0.05) is 22.5 Å². The molecule has 3 nitrogen and oxygen atoms in total. The van der Waals surface area contributed by atoms with Gasteiger partial charge in [-0.15, -0.1) is 0 Å². The van der Waals surface area contributed by atoms with Gasteiger partial charge in [0.15, 0.2) is 0 Å². The Labute approximate surface area is 108 Å². The van der Waals surface area contributed by atoms with Crippen LogP contribution in [0.25, 0.3) is 0 Å². The van der Waals surface area contributed by atoms with Gasteiger partial charge in [0.05, 0.1) is 6.61 Å². The fraction of sp³-hybridized carbons (Fsp3) is 0.364. The van der Waals surface area contributed by atoms with E-state index in [-0.39, 0.29) is 12.5 Å². The minimum absolute atomic E-state index is 0.0351. The summed E-state index contributed by atoms with van der Waals surface area (Å²) in [5.74, 6) is -0.0686. The van der Waals surface area contributed by atoms with Crippen molar-refractivity contribution in [2.24, 2.45) is 0 Å². The van der Waals surface area contributed by atoms with Gasteiger partial charge in [0.1, 0.15) is 0 Å². The van der Waals surface area contributed by atoms with Crippen molar-refractivity contribution in [3.63, 3.8) is 0 Å². The molecule has 0 aromatic heterocycles. The Hall–Kier alpha value is -0.580. The van der Waals surface area contributed by atoms with Gasteiger partial charge < -0.3 is 10.4 Å². The molecule has 0 atom stereocenters. The molecule has 0 aliphatic rings. The Bertz CT molecular complexity index is 371. The SMILES string of the molecule is O=C(CCc1cc(Cl)ccc1Br)NCCO. The Morgan fingerprint density at radius 2 is 2.25 bits per heavy atom. The highest BCUT2D eigenvalue weighted by molar-refractivity contribution is 9.10. The molecule has 0 fully saturated rings. The summed E-state index contributed by atoms with van der Waals surface area (Å²) in [7, 11) is 0. The zero-order valence-electron chi connectivity index (χ0n) is 8.67. The van der Waals surface area contributed by atoms with Gasteiger partial charge in [-0.05, 0) is 30.2 Å². The quantitative estimate of drug-likeness (QED) is 0.875. The normalized spacial score (nSPS) is 10.2. The second kappa shape index (κ2) is 6.89. The topological polar surface area (TPSA) is 49.3 Å². The number of nitrogens with one attached hydrogen (secondary N) is 1. The summed E-state index contributed by atoms with van der Waals surface area (Å²) >= 11 is 9.26. The molecule has 1 aromatic carbocycles. The lowest BCUT2D eigenvalue weighted by Gasteiger charge is -2.05. The van der Waals surface area contributed by atoms with E-state index in [2.05, 4.69) is 21.2 Å². The fourth-order valence-corrected chi connectivity index (χ4v) is 1.91. The molecule has 0 spiro atoms. The first-order valence-electron chi connectivity index (χ1n) is 4.95. The fourth-order valence-electron chi connectivity index (χ4n) is 1.27. The van der Waals surface area contributed by atoms with E-state index in [1.165, 1.54) is 0 Å². The summed E-state index contributed by atoms with van der Waals surface area (Å²) < 4.78 is 0.951. The first-order chi connectivity index (χ1) is 7.63. The van der Waals surface area contributed by atoms with Crippen molar-refractivity contribution in [1.82, 2.24) is 5.32 Å². The number of aryl methyl sites for hydroxylation is 1. The van der Waals surface area contributed by atoms with Crippen molar-refractivity contribution in [3.8, 4) is 0 Å². The van der Waals surface area contributed by atoms with Crippen LogP contribution in [0, 0.1) is 0 Å². The van der Waals surface area contributed by atoms with E-state index in [1.807, 2.05) is 12.1 Å². The summed E-state index contributed by atoms with van der Waals surface area (Å²) in [5, 5.41) is 11.8. The highest BCUT2D eigenvalue weighted by Crippen LogP contribution is 2.22. The van der Waals surface area contributed by atoms with Crippen LogP contribution in [-0.4, -0.2) is 24.2 Å². The lowest BCUT2D eigenvalue weighted by Crippen LogP contribution is -2.26. The summed E-state index contributed by atoms with van der Waals surface area (Å²) in [5.41, 5.74) is 1.01. The van der Waals surface area contributed by atoms with Gasteiger partial charge in [-0.3, -0.25) is 4.79 Å². The van der Waals surface area contributed by atoms with E-state index in [1.54, 1.807) is 6.07 Å². The van der Waals surface area contributed by atoms with Gasteiger partial charge in [-0.2, -0.15) is 0 Å². The number of rotatable bonds is 5. The van der Waals surface area contributed by atoms with Crippen molar-refractivity contribution in [1.29, 1.82) is 0 Å². The van der Waals surface area contributed by atoms with Crippen molar-refractivity contribution in [2.45, 2.75) is 12.8 Å². The molecule has 88 valence electrons. The Balaban J connectivity index is 2.47. The number of carbonyl (C=O) groups excluding carboxylic acids is 1. The molecule has 16 heavy (non-hydrogen) atoms. The van der Waals surface area contributed by atoms with Crippen LogP contribution < -0.4 is 5.32 Å². The Morgan fingerprint density at radius 1 is 1.50 bits per heavy atom. The van der Waals surface area contributed by atoms with Gasteiger partial charge in [-0.25, -0.2) is 0 Å². The number of amides is 1. The van der Waals surface area contributed by atoms with Crippen LogP contribution in [-0.2, 0) is 11.2 Å². The number of hydrogen-bond acceptors (Lipinski definition) is 2. The molecule has 0 unspecified atom stereocenters. The highest BCUT2D eigenvalue weighted by atomic mass is 79.9. The maximum absolute atomic E-state index is 11.3. The molecule has 0 radical (unpaired) electrons.